The van der Waals surface area contributed by atoms with E-state index in [1.165, 1.54) is 0 Å². The molecule has 0 fully saturated rings. The summed E-state index contributed by atoms with van der Waals surface area (Å²) in [5.41, 5.74) is 4.23. The summed E-state index contributed by atoms with van der Waals surface area (Å²) >= 11 is 0. The van der Waals surface area contributed by atoms with Crippen LogP contribution >= 0.6 is 0 Å². The molecule has 5 aromatic carbocycles. The monoisotopic (exact) mass is 540 g/mol. The second-order valence-electron chi connectivity index (χ2n) is 8.94. The zero-order valence-corrected chi connectivity index (χ0v) is 22.1. The van der Waals surface area contributed by atoms with Crippen LogP contribution in [-0.2, 0) is 19.7 Å². The van der Waals surface area contributed by atoms with Gasteiger partial charge in [0, 0.05) is 0 Å². The summed E-state index contributed by atoms with van der Waals surface area (Å²) in [5.74, 6) is 0.166. The predicted octanol–water partition coefficient (Wildman–Crippen LogP) is 6.70. The number of aromatic hydroxyl groups is 1. The van der Waals surface area contributed by atoms with Crippen LogP contribution in [0.1, 0.15) is 5.56 Å². The quantitative estimate of drug-likeness (QED) is 0.259. The van der Waals surface area contributed by atoms with Crippen molar-refractivity contribution in [2.24, 2.45) is 0 Å². The molecule has 190 valence electrons. The molecule has 0 saturated heterocycles. The van der Waals surface area contributed by atoms with Crippen molar-refractivity contribution in [1.82, 2.24) is 0 Å². The topological polar surface area (TPSA) is 88.5 Å². The van der Waals surface area contributed by atoms with Crippen molar-refractivity contribution >= 4 is 19.7 Å². The van der Waals surface area contributed by atoms with Gasteiger partial charge in [0.15, 0.2) is 0 Å². The number of hydrogen-bond acceptors (Lipinski definition) is 5. The third-order valence-electron chi connectivity index (χ3n) is 6.36. The van der Waals surface area contributed by atoms with E-state index in [0.29, 0.717) is 0 Å². The summed E-state index contributed by atoms with van der Waals surface area (Å²) in [6.07, 6.45) is 0. The summed E-state index contributed by atoms with van der Waals surface area (Å²) in [6.45, 7) is 1.90. The van der Waals surface area contributed by atoms with Crippen LogP contribution in [0.5, 0.6) is 5.75 Å². The lowest BCUT2D eigenvalue weighted by Crippen LogP contribution is -2.02. The zero-order valence-electron chi connectivity index (χ0n) is 20.4. The maximum atomic E-state index is 13.2. The van der Waals surface area contributed by atoms with Crippen molar-refractivity contribution in [2.75, 3.05) is 0 Å². The van der Waals surface area contributed by atoms with Gasteiger partial charge < -0.3 is 5.11 Å². The van der Waals surface area contributed by atoms with Crippen molar-refractivity contribution < 1.29 is 21.9 Å². The molecule has 0 heterocycles. The number of benzene rings is 5. The first-order valence-corrected chi connectivity index (χ1v) is 14.8. The van der Waals surface area contributed by atoms with Gasteiger partial charge in [-0.3, -0.25) is 0 Å². The van der Waals surface area contributed by atoms with Crippen molar-refractivity contribution in [3.8, 4) is 28.0 Å². The molecule has 0 aliphatic heterocycles. The molecule has 0 aromatic heterocycles. The van der Waals surface area contributed by atoms with E-state index in [1.807, 2.05) is 6.92 Å². The third kappa shape index (κ3) is 4.98. The minimum absolute atomic E-state index is 0.164. The Morgan fingerprint density at radius 3 is 0.921 bits per heavy atom. The van der Waals surface area contributed by atoms with Crippen LogP contribution in [0.2, 0.25) is 0 Å². The van der Waals surface area contributed by atoms with Crippen LogP contribution in [0.15, 0.2) is 141 Å². The van der Waals surface area contributed by atoms with Gasteiger partial charge >= 0.3 is 0 Å². The molecule has 5 aromatic rings. The van der Waals surface area contributed by atoms with Gasteiger partial charge in [0.2, 0.25) is 19.7 Å². The molecule has 0 atom stereocenters. The number of rotatable bonds is 6. The maximum Gasteiger partial charge on any atom is 0.206 e. The number of phenols is 1. The highest BCUT2D eigenvalue weighted by Crippen LogP contribution is 2.29. The average Bonchev–Trinajstić information content (AvgIpc) is 2.94. The summed E-state index contributed by atoms with van der Waals surface area (Å²) in [6, 6.07) is 33.1. The van der Waals surface area contributed by atoms with Crippen LogP contribution in [0.25, 0.3) is 22.3 Å². The molecule has 0 unspecified atom stereocenters. The highest BCUT2D eigenvalue weighted by molar-refractivity contribution is 7.91. The molecular formula is C31H24O5S2. The minimum atomic E-state index is -3.72. The third-order valence-corrected chi connectivity index (χ3v) is 9.93. The number of sulfone groups is 2. The lowest BCUT2D eigenvalue weighted by atomic mass is 10.1. The highest BCUT2D eigenvalue weighted by atomic mass is 32.2. The Balaban J connectivity index is 1.36. The van der Waals surface area contributed by atoms with Crippen molar-refractivity contribution in [1.29, 1.82) is 0 Å². The molecule has 0 aliphatic rings. The molecule has 5 nitrogen and oxygen atoms in total. The molecule has 5 rings (SSSR count). The Hall–Kier alpha value is -4.20. The van der Waals surface area contributed by atoms with Gasteiger partial charge in [0.25, 0.3) is 0 Å². The van der Waals surface area contributed by atoms with Gasteiger partial charge in [-0.05, 0) is 89.8 Å². The minimum Gasteiger partial charge on any atom is -0.508 e. The molecule has 0 radical (unpaired) electrons. The second kappa shape index (κ2) is 9.93. The molecule has 38 heavy (non-hydrogen) atoms. The molecular weight excluding hydrogens is 516 g/mol. The predicted molar refractivity (Wildman–Crippen MR) is 148 cm³/mol. The highest BCUT2D eigenvalue weighted by Gasteiger charge is 2.19. The molecule has 0 saturated carbocycles. The van der Waals surface area contributed by atoms with E-state index in [9.17, 15) is 21.9 Å². The largest absolute Gasteiger partial charge is 0.508 e. The summed E-state index contributed by atoms with van der Waals surface area (Å²) in [7, 11) is -7.35. The van der Waals surface area contributed by atoms with Gasteiger partial charge in [0.1, 0.15) is 5.75 Å². The standard InChI is InChI=1S/C31H24O5S2/c1-22-2-14-28(15-3-22)37(33,34)29-18-8-25(9-19-29)26-10-20-31(21-11-26)38(35,36)30-16-6-24(7-17-30)23-4-12-27(32)13-5-23/h2-21,32H,1H3. The first kappa shape index (κ1) is 25.4. The Bertz CT molecular complexity index is 1790. The van der Waals surface area contributed by atoms with Crippen LogP contribution in [0.3, 0.4) is 0 Å². The number of aryl methyl sites for hydroxylation is 1. The summed E-state index contributed by atoms with van der Waals surface area (Å²) in [5, 5.41) is 9.46. The molecule has 0 bridgehead atoms. The van der Waals surface area contributed by atoms with Crippen molar-refractivity contribution in [3.05, 3.63) is 127 Å². The van der Waals surface area contributed by atoms with E-state index < -0.39 is 19.7 Å². The van der Waals surface area contributed by atoms with Crippen molar-refractivity contribution in [2.45, 2.75) is 26.5 Å². The van der Waals surface area contributed by atoms with Crippen LogP contribution in [0, 0.1) is 6.92 Å². The first-order chi connectivity index (χ1) is 18.1. The lowest BCUT2D eigenvalue weighted by Gasteiger charge is -2.09. The van der Waals surface area contributed by atoms with Gasteiger partial charge in [-0.25, -0.2) is 16.8 Å². The maximum absolute atomic E-state index is 13.2. The lowest BCUT2D eigenvalue weighted by molar-refractivity contribution is 0.475. The van der Waals surface area contributed by atoms with E-state index >= 15 is 0 Å². The van der Waals surface area contributed by atoms with Crippen LogP contribution in [0.4, 0.5) is 0 Å². The van der Waals surface area contributed by atoms with Crippen LogP contribution in [-0.4, -0.2) is 21.9 Å². The van der Waals surface area contributed by atoms with Gasteiger partial charge in [-0.1, -0.05) is 66.2 Å². The van der Waals surface area contributed by atoms with E-state index in [2.05, 4.69) is 0 Å². The number of hydrogen-bond donors (Lipinski definition) is 1. The van der Waals surface area contributed by atoms with E-state index in [0.717, 1.165) is 27.8 Å². The normalized spacial score (nSPS) is 11.8. The van der Waals surface area contributed by atoms with Gasteiger partial charge in [0.05, 0.1) is 19.6 Å². The Labute approximate surface area is 222 Å². The fraction of sp³-hybridized carbons (Fsp3) is 0.0323. The Kier molecular flexibility index (Phi) is 6.65. The van der Waals surface area contributed by atoms with E-state index in [-0.39, 0.29) is 25.3 Å². The Morgan fingerprint density at radius 2 is 0.632 bits per heavy atom. The SMILES string of the molecule is Cc1ccc(S(=O)(=O)c2ccc(-c3ccc(S(=O)(=O)c4ccc(-c5ccc(O)cc5)cc4)cc3)cc2)cc1. The molecule has 0 aliphatic carbocycles. The fourth-order valence-electron chi connectivity index (χ4n) is 4.12. The summed E-state index contributed by atoms with van der Waals surface area (Å²) < 4.78 is 52.2. The van der Waals surface area contributed by atoms with E-state index in [1.54, 1.807) is 121 Å². The fourth-order valence-corrected chi connectivity index (χ4v) is 6.64. The Morgan fingerprint density at radius 1 is 0.395 bits per heavy atom. The smallest absolute Gasteiger partial charge is 0.206 e. The average molecular weight is 541 g/mol. The molecule has 0 spiro atoms. The van der Waals surface area contributed by atoms with Gasteiger partial charge in [-0.2, -0.15) is 0 Å². The zero-order chi connectivity index (χ0) is 26.9. The van der Waals surface area contributed by atoms with Crippen LogP contribution < -0.4 is 0 Å². The second-order valence-corrected chi connectivity index (χ2v) is 12.8. The summed E-state index contributed by atoms with van der Waals surface area (Å²) in [4.78, 5) is 0.775. The molecule has 0 amide bonds. The number of phenolic OH excluding ortho intramolecular Hbond substituents is 1. The molecule has 7 heteroatoms. The first-order valence-electron chi connectivity index (χ1n) is 11.8. The molecule has 1 N–H and O–H groups in total. The van der Waals surface area contributed by atoms with Gasteiger partial charge in [-0.15, -0.1) is 0 Å². The van der Waals surface area contributed by atoms with Crippen molar-refractivity contribution in [3.63, 3.8) is 0 Å². The van der Waals surface area contributed by atoms with E-state index in [4.69, 9.17) is 0 Å².